The van der Waals surface area contributed by atoms with Gasteiger partial charge in [-0.25, -0.2) is 0 Å². The molecule has 1 aromatic carbocycles. The summed E-state index contributed by atoms with van der Waals surface area (Å²) >= 11 is 12.3. The summed E-state index contributed by atoms with van der Waals surface area (Å²) in [6.45, 7) is 2.29. The molecule has 4 nitrogen and oxygen atoms in total. The molecule has 0 amide bonds. The number of hydrogen-bond donors (Lipinski definition) is 1. The van der Waals surface area contributed by atoms with Gasteiger partial charge in [-0.3, -0.25) is 0 Å². The van der Waals surface area contributed by atoms with Crippen LogP contribution in [0.4, 0.5) is 0 Å². The Bertz CT molecular complexity index is 549. The van der Waals surface area contributed by atoms with Crippen LogP contribution in [0.15, 0.2) is 22.7 Å². The van der Waals surface area contributed by atoms with E-state index in [1.807, 2.05) is 0 Å². The number of rotatable bonds is 5. The molecule has 0 radical (unpaired) electrons. The summed E-state index contributed by atoms with van der Waals surface area (Å²) in [5.74, 6) is 0.643. The quantitative estimate of drug-likeness (QED) is 0.859. The Kier molecular flexibility index (Phi) is 4.82. The number of hydrogen-bond acceptors (Lipinski definition) is 4. The number of aromatic nitrogens is 1. The van der Waals surface area contributed by atoms with Crippen LogP contribution in [0.2, 0.25) is 10.0 Å². The third-order valence-electron chi connectivity index (χ3n) is 2.67. The van der Waals surface area contributed by atoms with Gasteiger partial charge in [-0.05, 0) is 19.1 Å². The highest BCUT2D eigenvalue weighted by Gasteiger charge is 2.19. The Morgan fingerprint density at radius 1 is 1.32 bits per heavy atom. The van der Waals surface area contributed by atoms with Crippen molar-refractivity contribution in [2.45, 2.75) is 13.5 Å². The molecule has 102 valence electrons. The number of ether oxygens (including phenoxy) is 1. The highest BCUT2D eigenvalue weighted by atomic mass is 35.5. The second kappa shape index (κ2) is 6.39. The van der Waals surface area contributed by atoms with Gasteiger partial charge in [0.15, 0.2) is 0 Å². The van der Waals surface area contributed by atoms with Crippen molar-refractivity contribution in [1.29, 1.82) is 0 Å². The lowest BCUT2D eigenvalue weighted by atomic mass is 10.1. The third kappa shape index (κ3) is 3.09. The Labute approximate surface area is 120 Å². The first kappa shape index (κ1) is 14.3. The topological polar surface area (TPSA) is 55.5 Å². The minimum atomic E-state index is -0.0352. The van der Waals surface area contributed by atoms with Gasteiger partial charge in [0.2, 0.25) is 0 Å². The zero-order chi connectivity index (χ0) is 13.8. The van der Waals surface area contributed by atoms with Gasteiger partial charge in [0.1, 0.15) is 11.5 Å². The lowest BCUT2D eigenvalue weighted by Gasteiger charge is -2.07. The van der Waals surface area contributed by atoms with Crippen LogP contribution in [0.3, 0.4) is 0 Å². The van der Waals surface area contributed by atoms with Crippen molar-refractivity contribution >= 4 is 23.2 Å². The molecule has 0 fully saturated rings. The lowest BCUT2D eigenvalue weighted by Crippen LogP contribution is -2.01. The average molecular weight is 302 g/mol. The SMILES string of the molecule is Cc1onc(-c2c(Cl)cccc2Cl)c1COCCO. The smallest absolute Gasteiger partial charge is 0.139 e. The number of aryl methyl sites for hydroxylation is 1. The van der Waals surface area contributed by atoms with Gasteiger partial charge < -0.3 is 14.4 Å². The Hall–Kier alpha value is -1.07. The number of aliphatic hydroxyl groups is 1. The van der Waals surface area contributed by atoms with Crippen LogP contribution in [0, 0.1) is 6.92 Å². The van der Waals surface area contributed by atoms with Crippen LogP contribution in [-0.4, -0.2) is 23.5 Å². The van der Waals surface area contributed by atoms with Crippen molar-refractivity contribution in [3.63, 3.8) is 0 Å². The standard InChI is InChI=1S/C13H13Cl2NO3/c1-8-9(7-18-6-5-17)13(16-19-8)12-10(14)3-2-4-11(12)15/h2-4,17H,5-7H2,1H3. The fraction of sp³-hybridized carbons (Fsp3) is 0.308. The third-order valence-corrected chi connectivity index (χ3v) is 3.30. The monoisotopic (exact) mass is 301 g/mol. The molecule has 0 aliphatic carbocycles. The van der Waals surface area contributed by atoms with E-state index in [0.717, 1.165) is 5.56 Å². The molecule has 6 heteroatoms. The molecular weight excluding hydrogens is 289 g/mol. The van der Waals surface area contributed by atoms with E-state index in [-0.39, 0.29) is 19.8 Å². The van der Waals surface area contributed by atoms with Crippen LogP contribution in [-0.2, 0) is 11.3 Å². The molecule has 0 aliphatic rings. The maximum Gasteiger partial charge on any atom is 0.139 e. The van der Waals surface area contributed by atoms with Gasteiger partial charge in [0, 0.05) is 11.1 Å². The maximum absolute atomic E-state index is 8.73. The van der Waals surface area contributed by atoms with Crippen molar-refractivity contribution in [1.82, 2.24) is 5.16 Å². The van der Waals surface area contributed by atoms with Gasteiger partial charge in [-0.15, -0.1) is 0 Å². The number of benzene rings is 1. The van der Waals surface area contributed by atoms with Crippen LogP contribution in [0.25, 0.3) is 11.3 Å². The van der Waals surface area contributed by atoms with Crippen LogP contribution < -0.4 is 0 Å². The Balaban J connectivity index is 2.40. The zero-order valence-electron chi connectivity index (χ0n) is 10.3. The van der Waals surface area contributed by atoms with Gasteiger partial charge in [-0.2, -0.15) is 0 Å². The summed E-state index contributed by atoms with van der Waals surface area (Å²) < 4.78 is 10.5. The molecule has 0 atom stereocenters. The Morgan fingerprint density at radius 3 is 2.63 bits per heavy atom. The zero-order valence-corrected chi connectivity index (χ0v) is 11.8. The van der Waals surface area contributed by atoms with Crippen LogP contribution >= 0.6 is 23.2 Å². The minimum absolute atomic E-state index is 0.0352. The fourth-order valence-electron chi connectivity index (χ4n) is 1.72. The molecule has 0 saturated carbocycles. The highest BCUT2D eigenvalue weighted by molar-refractivity contribution is 6.39. The van der Waals surface area contributed by atoms with Crippen molar-refractivity contribution in [2.24, 2.45) is 0 Å². The van der Waals surface area contributed by atoms with Crippen molar-refractivity contribution in [3.05, 3.63) is 39.6 Å². The first-order valence-corrected chi connectivity index (χ1v) is 6.49. The summed E-state index contributed by atoms with van der Waals surface area (Å²) in [5, 5.41) is 13.7. The van der Waals surface area contributed by atoms with Crippen molar-refractivity contribution in [3.8, 4) is 11.3 Å². The molecule has 2 aromatic rings. The van der Waals surface area contributed by atoms with Crippen LogP contribution in [0.1, 0.15) is 11.3 Å². The molecule has 2 rings (SSSR count). The molecule has 0 saturated heterocycles. The Morgan fingerprint density at radius 2 is 2.00 bits per heavy atom. The number of nitrogens with zero attached hydrogens (tertiary/aromatic N) is 1. The van der Waals surface area contributed by atoms with Crippen molar-refractivity contribution in [2.75, 3.05) is 13.2 Å². The summed E-state index contributed by atoms with van der Waals surface area (Å²) in [6.07, 6.45) is 0. The number of aliphatic hydroxyl groups excluding tert-OH is 1. The van der Waals surface area contributed by atoms with E-state index in [0.29, 0.717) is 27.1 Å². The molecule has 1 aromatic heterocycles. The summed E-state index contributed by atoms with van der Waals surface area (Å²) in [4.78, 5) is 0. The predicted molar refractivity (Wildman–Crippen MR) is 73.4 cm³/mol. The van der Waals surface area contributed by atoms with Gasteiger partial charge in [-0.1, -0.05) is 34.4 Å². The summed E-state index contributed by atoms with van der Waals surface area (Å²) in [6, 6.07) is 5.25. The first-order valence-electron chi connectivity index (χ1n) is 5.73. The fourth-order valence-corrected chi connectivity index (χ4v) is 2.30. The van der Waals surface area contributed by atoms with Crippen LogP contribution in [0.5, 0.6) is 0 Å². The van der Waals surface area contributed by atoms with Gasteiger partial charge in [0.05, 0.1) is 29.9 Å². The average Bonchev–Trinajstić information content (AvgIpc) is 2.72. The largest absolute Gasteiger partial charge is 0.394 e. The highest BCUT2D eigenvalue weighted by Crippen LogP contribution is 2.36. The van der Waals surface area contributed by atoms with Gasteiger partial charge >= 0.3 is 0 Å². The minimum Gasteiger partial charge on any atom is -0.394 e. The van der Waals surface area contributed by atoms with E-state index in [1.54, 1.807) is 25.1 Å². The van der Waals surface area contributed by atoms with E-state index < -0.39 is 0 Å². The molecule has 1 heterocycles. The molecular formula is C13H13Cl2NO3. The second-order valence-electron chi connectivity index (χ2n) is 3.94. The second-order valence-corrected chi connectivity index (χ2v) is 4.75. The van der Waals surface area contributed by atoms with Crippen molar-refractivity contribution < 1.29 is 14.4 Å². The van der Waals surface area contributed by atoms with E-state index >= 15 is 0 Å². The number of halogens is 2. The summed E-state index contributed by atoms with van der Waals surface area (Å²) in [5.41, 5.74) is 1.99. The molecule has 0 spiro atoms. The lowest BCUT2D eigenvalue weighted by molar-refractivity contribution is 0.0811. The predicted octanol–water partition coefficient (Wildman–Crippen LogP) is 3.47. The molecule has 0 bridgehead atoms. The maximum atomic E-state index is 8.73. The molecule has 0 unspecified atom stereocenters. The van der Waals surface area contributed by atoms with Gasteiger partial charge in [0.25, 0.3) is 0 Å². The van der Waals surface area contributed by atoms with E-state index in [2.05, 4.69) is 5.16 Å². The molecule has 0 aliphatic heterocycles. The van der Waals surface area contributed by atoms with E-state index in [1.165, 1.54) is 0 Å². The van der Waals surface area contributed by atoms with E-state index in [9.17, 15) is 0 Å². The first-order chi connectivity index (χ1) is 9.15. The molecule has 1 N–H and O–H groups in total. The van der Waals surface area contributed by atoms with E-state index in [4.69, 9.17) is 37.6 Å². The molecule has 19 heavy (non-hydrogen) atoms. The summed E-state index contributed by atoms with van der Waals surface area (Å²) in [7, 11) is 0. The normalized spacial score (nSPS) is 10.9.